The number of alkyl halides is 1. The molecule has 3 rings (SSSR count). The second-order valence-corrected chi connectivity index (χ2v) is 10.4. The first-order valence-electron chi connectivity index (χ1n) is 10.4. The van der Waals surface area contributed by atoms with Gasteiger partial charge >= 0.3 is 18.0 Å². The third-order valence-electron chi connectivity index (χ3n) is 6.93. The number of hydrogen-bond donors (Lipinski definition) is 3. The summed E-state index contributed by atoms with van der Waals surface area (Å²) >= 11 is 6.42. The Bertz CT molecular complexity index is 1070. The van der Waals surface area contributed by atoms with Crippen LogP contribution in [-0.4, -0.2) is 49.3 Å². The highest BCUT2D eigenvalue weighted by atomic mass is 35.5. The molecule has 0 fully saturated rings. The molecule has 7 nitrogen and oxygen atoms in total. The number of hydrogen-bond acceptors (Lipinski definition) is 3. The average Bonchev–Trinajstić information content (AvgIpc) is 2.99. The Kier molecular flexibility index (Phi) is 5.59. The molecule has 0 spiro atoms. The molecule has 1 amide bonds. The van der Waals surface area contributed by atoms with Crippen molar-refractivity contribution >= 4 is 35.3 Å². The molecule has 3 atom stereocenters. The number of quaternary nitrogens is 1. The van der Waals surface area contributed by atoms with E-state index >= 15 is 0 Å². The van der Waals surface area contributed by atoms with Gasteiger partial charge in [0.15, 0.2) is 5.70 Å². The predicted octanol–water partition coefficient (Wildman–Crippen LogP) is 5.17. The molecule has 0 aromatic heterocycles. The zero-order chi connectivity index (χ0) is 24.3. The van der Waals surface area contributed by atoms with E-state index < -0.39 is 38.9 Å². The number of carbonyl (C=O) groups is 3. The molecule has 8 heteroatoms. The molecule has 172 valence electrons. The standard InChI is InChI=1S/C24H28ClNO6/c1-22(2,3)26(21(31)32)16-11-23(4,19(27)28)13-24(5,20(29)30)17(16)15(12-25)18(26)14-9-7-6-8-10-14/h6-10H,11-13H2,1-5H3,(H2-,27,28,29,30,31,32)/p+1. The van der Waals surface area contributed by atoms with Crippen LogP contribution in [0.25, 0.3) is 5.70 Å². The Labute approximate surface area is 192 Å². The van der Waals surface area contributed by atoms with Crippen molar-refractivity contribution in [3.8, 4) is 0 Å². The fourth-order valence-electron chi connectivity index (χ4n) is 5.62. The first kappa shape index (κ1) is 24.0. The first-order chi connectivity index (χ1) is 14.7. The summed E-state index contributed by atoms with van der Waals surface area (Å²) in [5.74, 6) is -2.46. The lowest BCUT2D eigenvalue weighted by molar-refractivity contribution is -0.799. The summed E-state index contributed by atoms with van der Waals surface area (Å²) in [6, 6.07) is 8.92. The summed E-state index contributed by atoms with van der Waals surface area (Å²) in [5, 5.41) is 31.1. The quantitative estimate of drug-likeness (QED) is 0.420. The molecular weight excluding hydrogens is 434 g/mol. The van der Waals surface area contributed by atoms with Crippen molar-refractivity contribution in [3.63, 3.8) is 0 Å². The molecule has 3 N–H and O–H groups in total. The van der Waals surface area contributed by atoms with Gasteiger partial charge in [0, 0.05) is 23.1 Å². The molecule has 1 aromatic carbocycles. The lowest BCUT2D eigenvalue weighted by Crippen LogP contribution is -2.61. The van der Waals surface area contributed by atoms with E-state index in [9.17, 15) is 29.7 Å². The minimum Gasteiger partial charge on any atom is -0.481 e. The smallest absolute Gasteiger partial charge is 0.481 e. The van der Waals surface area contributed by atoms with Crippen molar-refractivity contribution in [2.24, 2.45) is 10.8 Å². The van der Waals surface area contributed by atoms with Gasteiger partial charge in [0.1, 0.15) is 11.2 Å². The predicted molar refractivity (Wildman–Crippen MR) is 120 cm³/mol. The number of benzene rings is 1. The van der Waals surface area contributed by atoms with Crippen LogP contribution in [0.1, 0.15) is 53.0 Å². The Morgan fingerprint density at radius 2 is 1.59 bits per heavy atom. The lowest BCUT2D eigenvalue weighted by atomic mass is 9.61. The van der Waals surface area contributed by atoms with E-state index in [0.29, 0.717) is 22.4 Å². The van der Waals surface area contributed by atoms with Crippen LogP contribution < -0.4 is 0 Å². The summed E-state index contributed by atoms with van der Waals surface area (Å²) in [6.07, 6.45) is -1.47. The monoisotopic (exact) mass is 462 g/mol. The third-order valence-corrected chi connectivity index (χ3v) is 7.20. The van der Waals surface area contributed by atoms with Crippen molar-refractivity contribution in [2.75, 3.05) is 5.88 Å². The molecular formula is C24H29ClNO6+. The SMILES string of the molecule is CC1(C(=O)O)CC2=C(C(CCl)=C(c3ccccc3)[N+]2(C(=O)O)C(C)(C)C)C(C)(C(=O)O)C1. The van der Waals surface area contributed by atoms with Gasteiger partial charge in [0.25, 0.3) is 0 Å². The number of amides is 1. The van der Waals surface area contributed by atoms with Crippen molar-refractivity contribution < 1.29 is 34.2 Å². The summed E-state index contributed by atoms with van der Waals surface area (Å²) in [4.78, 5) is 38.1. The lowest BCUT2D eigenvalue weighted by Gasteiger charge is -2.47. The summed E-state index contributed by atoms with van der Waals surface area (Å²) < 4.78 is -0.694. The van der Waals surface area contributed by atoms with Crippen LogP contribution in [0.4, 0.5) is 4.79 Å². The Morgan fingerprint density at radius 3 is 2.00 bits per heavy atom. The van der Waals surface area contributed by atoms with Crippen LogP contribution in [0.5, 0.6) is 0 Å². The van der Waals surface area contributed by atoms with E-state index in [1.807, 2.05) is 6.07 Å². The van der Waals surface area contributed by atoms with Crippen molar-refractivity contribution in [1.82, 2.24) is 0 Å². The minimum absolute atomic E-state index is 0.0964. The number of carboxylic acids is 2. The van der Waals surface area contributed by atoms with E-state index in [1.54, 1.807) is 45.0 Å². The zero-order valence-electron chi connectivity index (χ0n) is 18.9. The molecule has 3 unspecified atom stereocenters. The number of carboxylic acid groups (broad SMARTS) is 3. The van der Waals surface area contributed by atoms with Crippen molar-refractivity contribution in [1.29, 1.82) is 0 Å². The number of allylic oxidation sites excluding steroid dienone is 2. The van der Waals surface area contributed by atoms with Gasteiger partial charge in [0.05, 0.1) is 16.7 Å². The van der Waals surface area contributed by atoms with Gasteiger partial charge < -0.3 is 15.3 Å². The van der Waals surface area contributed by atoms with E-state index in [2.05, 4.69) is 0 Å². The summed E-state index contributed by atoms with van der Waals surface area (Å²) in [6.45, 7) is 8.25. The maximum Gasteiger partial charge on any atom is 0.524 e. The summed E-state index contributed by atoms with van der Waals surface area (Å²) in [5.41, 5.74) is -1.97. The van der Waals surface area contributed by atoms with Gasteiger partial charge in [-0.25, -0.2) is 0 Å². The van der Waals surface area contributed by atoms with Crippen LogP contribution >= 0.6 is 11.6 Å². The molecule has 1 aliphatic carbocycles. The van der Waals surface area contributed by atoms with E-state index in [4.69, 9.17) is 11.6 Å². The van der Waals surface area contributed by atoms with Crippen LogP contribution in [0.2, 0.25) is 0 Å². The highest BCUT2D eigenvalue weighted by Gasteiger charge is 2.68. The molecule has 0 saturated carbocycles. The van der Waals surface area contributed by atoms with Gasteiger partial charge in [-0.1, -0.05) is 18.2 Å². The normalized spacial score (nSPS) is 30.3. The molecule has 1 aliphatic heterocycles. The Morgan fingerprint density at radius 1 is 1.03 bits per heavy atom. The largest absolute Gasteiger partial charge is 0.524 e. The number of halogens is 1. The Balaban J connectivity index is 2.57. The molecule has 0 radical (unpaired) electrons. The maximum absolute atomic E-state index is 13.2. The van der Waals surface area contributed by atoms with Crippen LogP contribution in [0.3, 0.4) is 0 Å². The van der Waals surface area contributed by atoms with Crippen LogP contribution in [-0.2, 0) is 9.59 Å². The van der Waals surface area contributed by atoms with Gasteiger partial charge in [0.2, 0.25) is 0 Å². The average molecular weight is 463 g/mol. The van der Waals surface area contributed by atoms with E-state index in [1.165, 1.54) is 13.8 Å². The van der Waals surface area contributed by atoms with Gasteiger partial charge in [-0.05, 0) is 53.2 Å². The van der Waals surface area contributed by atoms with E-state index in [0.717, 1.165) is 0 Å². The first-order valence-corrected chi connectivity index (χ1v) is 10.9. The fourth-order valence-corrected chi connectivity index (χ4v) is 5.88. The van der Waals surface area contributed by atoms with Gasteiger partial charge in [-0.15, -0.1) is 11.6 Å². The molecule has 0 bridgehead atoms. The fraction of sp³-hybridized carbons (Fsp3) is 0.458. The maximum atomic E-state index is 13.2. The third kappa shape index (κ3) is 3.02. The second kappa shape index (κ2) is 7.46. The van der Waals surface area contributed by atoms with Crippen LogP contribution in [0, 0.1) is 10.8 Å². The van der Waals surface area contributed by atoms with Gasteiger partial charge in [-0.2, -0.15) is 9.28 Å². The number of aliphatic carboxylic acids is 2. The second-order valence-electron chi connectivity index (χ2n) is 10.1. The molecule has 0 saturated heterocycles. The van der Waals surface area contributed by atoms with E-state index in [-0.39, 0.29) is 24.4 Å². The molecule has 2 aliphatic rings. The van der Waals surface area contributed by atoms with Crippen molar-refractivity contribution in [2.45, 2.75) is 53.0 Å². The number of nitrogens with zero attached hydrogens (tertiary/aromatic N) is 1. The molecule has 1 heterocycles. The topological polar surface area (TPSA) is 112 Å². The van der Waals surface area contributed by atoms with Crippen molar-refractivity contribution in [3.05, 3.63) is 52.7 Å². The van der Waals surface area contributed by atoms with Crippen LogP contribution in [0.15, 0.2) is 47.2 Å². The highest BCUT2D eigenvalue weighted by molar-refractivity contribution is 6.20. The minimum atomic E-state index is -1.62. The molecule has 1 aromatic rings. The highest BCUT2D eigenvalue weighted by Crippen LogP contribution is 2.63. The molecule has 32 heavy (non-hydrogen) atoms. The Hall–Kier alpha value is -2.64. The number of rotatable bonds is 4. The zero-order valence-corrected chi connectivity index (χ0v) is 19.7. The summed E-state index contributed by atoms with van der Waals surface area (Å²) in [7, 11) is 0. The van der Waals surface area contributed by atoms with Gasteiger partial charge in [-0.3, -0.25) is 9.59 Å².